The molecule has 2 rings (SSSR count). The van der Waals surface area contributed by atoms with E-state index in [1.807, 2.05) is 6.92 Å². The number of rotatable bonds is 5. The molecule has 0 bridgehead atoms. The first kappa shape index (κ1) is 12.4. The van der Waals surface area contributed by atoms with Gasteiger partial charge in [0.15, 0.2) is 0 Å². The molecule has 1 aliphatic carbocycles. The highest BCUT2D eigenvalue weighted by Crippen LogP contribution is 2.27. The molecule has 2 aliphatic rings. The molecule has 0 unspecified atom stereocenters. The first-order valence-corrected chi connectivity index (χ1v) is 6.29. The van der Waals surface area contributed by atoms with Crippen LogP contribution in [-0.4, -0.2) is 48.1 Å². The summed E-state index contributed by atoms with van der Waals surface area (Å²) < 4.78 is 0. The molecule has 1 heterocycles. The maximum absolute atomic E-state index is 11.8. The molecule has 1 amide bonds. The van der Waals surface area contributed by atoms with Gasteiger partial charge in [-0.1, -0.05) is 6.92 Å². The van der Waals surface area contributed by atoms with Crippen LogP contribution in [0.1, 0.15) is 19.8 Å². The summed E-state index contributed by atoms with van der Waals surface area (Å²) in [6, 6.07) is 0. The Bertz CT molecular complexity index is 315. The topological polar surface area (TPSA) is 69.6 Å². The molecule has 0 spiro atoms. The molecule has 0 aromatic carbocycles. The van der Waals surface area contributed by atoms with Crippen molar-refractivity contribution in [2.75, 3.05) is 26.2 Å². The van der Waals surface area contributed by atoms with Crippen molar-refractivity contribution in [3.05, 3.63) is 0 Å². The monoisotopic (exact) mass is 240 g/mol. The van der Waals surface area contributed by atoms with Crippen molar-refractivity contribution in [3.8, 4) is 0 Å². The Hall–Kier alpha value is -1.10. The first-order chi connectivity index (χ1) is 8.08. The second-order valence-corrected chi connectivity index (χ2v) is 5.30. The predicted octanol–water partition coefficient (Wildman–Crippen LogP) is 0.165. The van der Waals surface area contributed by atoms with E-state index in [4.69, 9.17) is 5.11 Å². The fourth-order valence-corrected chi connectivity index (χ4v) is 2.31. The lowest BCUT2D eigenvalue weighted by atomic mass is 9.99. The van der Waals surface area contributed by atoms with Crippen molar-refractivity contribution in [3.63, 3.8) is 0 Å². The number of aliphatic carboxylic acids is 1. The molecule has 0 aromatic rings. The third kappa shape index (κ3) is 3.19. The summed E-state index contributed by atoms with van der Waals surface area (Å²) in [6.45, 7) is 4.08. The fraction of sp³-hybridized carbons (Fsp3) is 0.833. The number of carboxylic acid groups (broad SMARTS) is 1. The number of nitrogens with zero attached hydrogens (tertiary/aromatic N) is 1. The lowest BCUT2D eigenvalue weighted by Crippen LogP contribution is -2.37. The molecule has 2 atom stereocenters. The van der Waals surface area contributed by atoms with Crippen LogP contribution in [0, 0.1) is 17.8 Å². The van der Waals surface area contributed by atoms with Gasteiger partial charge in [-0.3, -0.25) is 9.59 Å². The molecule has 0 aromatic heterocycles. The van der Waals surface area contributed by atoms with Gasteiger partial charge in [0.05, 0.1) is 12.5 Å². The van der Waals surface area contributed by atoms with Crippen molar-refractivity contribution in [1.82, 2.24) is 10.2 Å². The maximum atomic E-state index is 11.8. The first-order valence-electron chi connectivity index (χ1n) is 6.29. The average molecular weight is 240 g/mol. The van der Waals surface area contributed by atoms with Crippen molar-refractivity contribution >= 4 is 11.9 Å². The van der Waals surface area contributed by atoms with Crippen molar-refractivity contribution in [1.29, 1.82) is 0 Å². The van der Waals surface area contributed by atoms with Crippen LogP contribution < -0.4 is 5.32 Å². The SMILES string of the molecule is C[C@@H]1CN(C(=O)CNCC2CC2)C[C@H]1C(=O)O. The van der Waals surface area contributed by atoms with Gasteiger partial charge in [0, 0.05) is 13.1 Å². The highest BCUT2D eigenvalue weighted by atomic mass is 16.4. The third-order valence-electron chi connectivity index (χ3n) is 3.69. The van der Waals surface area contributed by atoms with Crippen LogP contribution in [-0.2, 0) is 9.59 Å². The summed E-state index contributed by atoms with van der Waals surface area (Å²) in [5.74, 6) is -0.352. The van der Waals surface area contributed by atoms with Gasteiger partial charge in [0.25, 0.3) is 0 Å². The van der Waals surface area contributed by atoms with E-state index in [1.54, 1.807) is 4.90 Å². The van der Waals surface area contributed by atoms with E-state index in [0.717, 1.165) is 12.5 Å². The zero-order valence-electron chi connectivity index (χ0n) is 10.2. The van der Waals surface area contributed by atoms with Crippen LogP contribution in [0.15, 0.2) is 0 Å². The molecule has 5 heteroatoms. The zero-order chi connectivity index (χ0) is 12.4. The Morgan fingerprint density at radius 3 is 2.59 bits per heavy atom. The van der Waals surface area contributed by atoms with Crippen molar-refractivity contribution < 1.29 is 14.7 Å². The molecular weight excluding hydrogens is 220 g/mol. The molecule has 96 valence electrons. The Kier molecular flexibility index (Phi) is 3.66. The molecular formula is C12H20N2O3. The maximum Gasteiger partial charge on any atom is 0.308 e. The molecule has 1 saturated carbocycles. The Balaban J connectivity index is 1.73. The largest absolute Gasteiger partial charge is 0.481 e. The van der Waals surface area contributed by atoms with Gasteiger partial charge in [-0.15, -0.1) is 0 Å². The van der Waals surface area contributed by atoms with Gasteiger partial charge in [0.2, 0.25) is 5.91 Å². The standard InChI is InChI=1S/C12H20N2O3/c1-8-6-14(7-10(8)12(16)17)11(15)5-13-4-9-2-3-9/h8-10,13H,2-7H2,1H3,(H,16,17)/t8-,10-/m1/s1. The van der Waals surface area contributed by atoms with Crippen LogP contribution >= 0.6 is 0 Å². The second kappa shape index (κ2) is 5.04. The van der Waals surface area contributed by atoms with E-state index in [2.05, 4.69) is 5.32 Å². The molecule has 2 fully saturated rings. The summed E-state index contributed by atoms with van der Waals surface area (Å²) in [6.07, 6.45) is 2.53. The summed E-state index contributed by atoms with van der Waals surface area (Å²) in [7, 11) is 0. The van der Waals surface area contributed by atoms with Gasteiger partial charge in [-0.2, -0.15) is 0 Å². The number of hydrogen-bond acceptors (Lipinski definition) is 3. The number of carbonyl (C=O) groups excluding carboxylic acids is 1. The second-order valence-electron chi connectivity index (χ2n) is 5.30. The molecule has 0 radical (unpaired) electrons. The summed E-state index contributed by atoms with van der Waals surface area (Å²) >= 11 is 0. The summed E-state index contributed by atoms with van der Waals surface area (Å²) in [4.78, 5) is 24.4. The Morgan fingerprint density at radius 2 is 2.06 bits per heavy atom. The molecule has 1 aliphatic heterocycles. The number of hydrogen-bond donors (Lipinski definition) is 2. The molecule has 17 heavy (non-hydrogen) atoms. The third-order valence-corrected chi connectivity index (χ3v) is 3.69. The van der Waals surface area contributed by atoms with Gasteiger partial charge < -0.3 is 15.3 Å². The fourth-order valence-electron chi connectivity index (χ4n) is 2.31. The summed E-state index contributed by atoms with van der Waals surface area (Å²) in [5.41, 5.74) is 0. The van der Waals surface area contributed by atoms with E-state index < -0.39 is 11.9 Å². The number of nitrogens with one attached hydrogen (secondary N) is 1. The van der Waals surface area contributed by atoms with E-state index in [0.29, 0.717) is 19.6 Å². The van der Waals surface area contributed by atoms with Crippen molar-refractivity contribution in [2.24, 2.45) is 17.8 Å². The Morgan fingerprint density at radius 1 is 1.35 bits per heavy atom. The van der Waals surface area contributed by atoms with E-state index >= 15 is 0 Å². The quantitative estimate of drug-likeness (QED) is 0.718. The zero-order valence-corrected chi connectivity index (χ0v) is 10.2. The van der Waals surface area contributed by atoms with Gasteiger partial charge in [-0.05, 0) is 31.2 Å². The summed E-state index contributed by atoms with van der Waals surface area (Å²) in [5, 5.41) is 12.1. The normalized spacial score (nSPS) is 28.4. The minimum Gasteiger partial charge on any atom is -0.481 e. The van der Waals surface area contributed by atoms with Gasteiger partial charge in [0.1, 0.15) is 0 Å². The highest BCUT2D eigenvalue weighted by molar-refractivity contribution is 5.80. The number of likely N-dealkylation sites (tertiary alicyclic amines) is 1. The number of carboxylic acids is 1. The molecule has 1 saturated heterocycles. The van der Waals surface area contributed by atoms with Crippen molar-refractivity contribution in [2.45, 2.75) is 19.8 Å². The molecule has 2 N–H and O–H groups in total. The highest BCUT2D eigenvalue weighted by Gasteiger charge is 2.36. The predicted molar refractivity (Wildman–Crippen MR) is 62.5 cm³/mol. The minimum absolute atomic E-state index is 0.0289. The van der Waals surface area contributed by atoms with Gasteiger partial charge >= 0.3 is 5.97 Å². The lowest BCUT2D eigenvalue weighted by Gasteiger charge is -2.16. The Labute approximate surface area is 101 Å². The number of carbonyl (C=O) groups is 2. The lowest BCUT2D eigenvalue weighted by molar-refractivity contribution is -0.142. The van der Waals surface area contributed by atoms with Crippen LogP contribution in [0.4, 0.5) is 0 Å². The molecule has 5 nitrogen and oxygen atoms in total. The van der Waals surface area contributed by atoms with Crippen LogP contribution in [0.2, 0.25) is 0 Å². The average Bonchev–Trinajstić information content (AvgIpc) is 2.99. The van der Waals surface area contributed by atoms with E-state index in [-0.39, 0.29) is 11.8 Å². The van der Waals surface area contributed by atoms with Gasteiger partial charge in [-0.25, -0.2) is 0 Å². The van der Waals surface area contributed by atoms with E-state index in [1.165, 1.54) is 12.8 Å². The van der Waals surface area contributed by atoms with Crippen LogP contribution in [0.25, 0.3) is 0 Å². The van der Waals surface area contributed by atoms with Crippen LogP contribution in [0.5, 0.6) is 0 Å². The minimum atomic E-state index is -0.793. The van der Waals surface area contributed by atoms with Crippen LogP contribution in [0.3, 0.4) is 0 Å². The smallest absolute Gasteiger partial charge is 0.308 e. The van der Waals surface area contributed by atoms with E-state index in [9.17, 15) is 9.59 Å². The number of amides is 1.